The topological polar surface area (TPSA) is 49.9 Å². The van der Waals surface area contributed by atoms with Crippen LogP contribution in [0.25, 0.3) is 0 Å². The molecule has 4 heteroatoms. The second kappa shape index (κ2) is 4.33. The molecule has 0 spiro atoms. The Labute approximate surface area is 97.1 Å². The summed E-state index contributed by atoms with van der Waals surface area (Å²) in [6.07, 6.45) is 2.18. The van der Waals surface area contributed by atoms with Crippen molar-refractivity contribution in [1.82, 2.24) is 4.98 Å². The molecule has 0 bridgehead atoms. The molecule has 0 aliphatic heterocycles. The summed E-state index contributed by atoms with van der Waals surface area (Å²) >= 11 is 5.73. The Morgan fingerprint density at radius 2 is 1.88 bits per heavy atom. The number of hydrogen-bond acceptors (Lipinski definition) is 2. The summed E-state index contributed by atoms with van der Waals surface area (Å²) in [5.74, 6) is -0.138. The minimum atomic E-state index is -0.138. The van der Waals surface area contributed by atoms with Gasteiger partial charge in [0, 0.05) is 22.3 Å². The Bertz CT molecular complexity index is 528. The third-order valence-corrected chi connectivity index (χ3v) is 2.45. The van der Waals surface area contributed by atoms with Gasteiger partial charge in [0.15, 0.2) is 12.1 Å². The minimum Gasteiger partial charge on any atom is -0.358 e. The minimum absolute atomic E-state index is 0.138. The molecule has 1 heterocycles. The summed E-state index contributed by atoms with van der Waals surface area (Å²) < 4.78 is 0. The Kier molecular flexibility index (Phi) is 2.88. The molecule has 0 atom stereocenters. The third kappa shape index (κ3) is 2.04. The maximum atomic E-state index is 11.9. The third-order valence-electron chi connectivity index (χ3n) is 2.20. The summed E-state index contributed by atoms with van der Waals surface area (Å²) in [5, 5.41) is 0.583. The lowest BCUT2D eigenvalue weighted by atomic mass is 10.1. The molecule has 0 aliphatic carbocycles. The monoisotopic (exact) mass is 233 g/mol. The molecule has 1 N–H and O–H groups in total. The van der Waals surface area contributed by atoms with E-state index in [4.69, 9.17) is 11.6 Å². The molecule has 0 saturated heterocycles. The van der Waals surface area contributed by atoms with E-state index in [-0.39, 0.29) is 5.78 Å². The smallest absolute Gasteiger partial charge is 0.194 e. The molecule has 16 heavy (non-hydrogen) atoms. The Hall–Kier alpha value is -1.87. The van der Waals surface area contributed by atoms with Crippen molar-refractivity contribution in [3.63, 3.8) is 0 Å². The van der Waals surface area contributed by atoms with Crippen LogP contribution >= 0.6 is 11.6 Å². The molecule has 1 aromatic carbocycles. The van der Waals surface area contributed by atoms with E-state index < -0.39 is 0 Å². The highest BCUT2D eigenvalue weighted by Crippen LogP contribution is 2.14. The van der Waals surface area contributed by atoms with Crippen molar-refractivity contribution in [2.45, 2.75) is 0 Å². The summed E-state index contributed by atoms with van der Waals surface area (Å²) in [6.45, 7) is 0. The first kappa shape index (κ1) is 10.6. The van der Waals surface area contributed by atoms with Gasteiger partial charge in [0.2, 0.25) is 0 Å². The quantitative estimate of drug-likeness (QED) is 0.655. The summed E-state index contributed by atoms with van der Waals surface area (Å²) in [7, 11) is 0. The number of aromatic nitrogens is 1. The van der Waals surface area contributed by atoms with Crippen molar-refractivity contribution < 1.29 is 9.59 Å². The maximum Gasteiger partial charge on any atom is 0.194 e. The number of carbonyl (C=O) groups excluding carboxylic acids is 2. The molecule has 3 nitrogen and oxygen atoms in total. The van der Waals surface area contributed by atoms with Crippen LogP contribution in [0.4, 0.5) is 0 Å². The number of halogens is 1. The van der Waals surface area contributed by atoms with Gasteiger partial charge in [-0.05, 0) is 30.3 Å². The molecule has 0 amide bonds. The second-order valence-corrected chi connectivity index (χ2v) is 3.73. The second-order valence-electron chi connectivity index (χ2n) is 3.30. The van der Waals surface area contributed by atoms with Crippen LogP contribution in [0.2, 0.25) is 5.02 Å². The summed E-state index contributed by atoms with van der Waals surface area (Å²) in [6, 6.07) is 8.13. The molecule has 80 valence electrons. The predicted molar refractivity (Wildman–Crippen MR) is 61.1 cm³/mol. The highest BCUT2D eigenvalue weighted by molar-refractivity contribution is 6.30. The van der Waals surface area contributed by atoms with Gasteiger partial charge >= 0.3 is 0 Å². The average Bonchev–Trinajstić information content (AvgIpc) is 2.77. The van der Waals surface area contributed by atoms with E-state index in [2.05, 4.69) is 4.98 Å². The van der Waals surface area contributed by atoms with Gasteiger partial charge in [0.1, 0.15) is 0 Å². The highest BCUT2D eigenvalue weighted by Gasteiger charge is 2.10. The molecule has 2 aromatic rings. The standard InChI is InChI=1S/C12H8ClNO2/c13-10-3-1-8(2-4-10)12(16)9-5-11(7-15)14-6-9/h1-7,14H. The fourth-order valence-electron chi connectivity index (χ4n) is 1.38. The number of nitrogens with one attached hydrogen (secondary N) is 1. The molecule has 1 aromatic heterocycles. The zero-order valence-corrected chi connectivity index (χ0v) is 8.99. The van der Waals surface area contributed by atoms with Gasteiger partial charge in [-0.3, -0.25) is 9.59 Å². The number of hydrogen-bond donors (Lipinski definition) is 1. The molecular formula is C12H8ClNO2. The van der Waals surface area contributed by atoms with Gasteiger partial charge in [0.05, 0.1) is 5.69 Å². The van der Waals surface area contributed by atoms with Crippen molar-refractivity contribution >= 4 is 23.7 Å². The number of rotatable bonds is 3. The zero-order valence-electron chi connectivity index (χ0n) is 8.24. The number of aldehydes is 1. The van der Waals surface area contributed by atoms with Crippen LogP contribution in [-0.2, 0) is 0 Å². The average molecular weight is 234 g/mol. The van der Waals surface area contributed by atoms with E-state index in [9.17, 15) is 9.59 Å². The Balaban J connectivity index is 2.31. The van der Waals surface area contributed by atoms with Crippen LogP contribution in [0.1, 0.15) is 26.4 Å². The number of carbonyl (C=O) groups is 2. The summed E-state index contributed by atoms with van der Waals surface area (Å²) in [4.78, 5) is 25.1. The van der Waals surface area contributed by atoms with Crippen LogP contribution in [0.15, 0.2) is 36.5 Å². The Morgan fingerprint density at radius 1 is 1.19 bits per heavy atom. The zero-order chi connectivity index (χ0) is 11.5. The number of aromatic amines is 1. The van der Waals surface area contributed by atoms with Crippen LogP contribution < -0.4 is 0 Å². The van der Waals surface area contributed by atoms with Gasteiger partial charge in [-0.1, -0.05) is 11.6 Å². The number of H-pyrrole nitrogens is 1. The van der Waals surface area contributed by atoms with Crippen molar-refractivity contribution in [3.8, 4) is 0 Å². The van der Waals surface area contributed by atoms with Gasteiger partial charge in [-0.25, -0.2) is 0 Å². The fraction of sp³-hybridized carbons (Fsp3) is 0. The van der Waals surface area contributed by atoms with E-state index in [0.29, 0.717) is 28.1 Å². The molecule has 0 unspecified atom stereocenters. The van der Waals surface area contributed by atoms with E-state index in [1.807, 2.05) is 0 Å². The van der Waals surface area contributed by atoms with Crippen molar-refractivity contribution in [2.75, 3.05) is 0 Å². The van der Waals surface area contributed by atoms with Crippen molar-refractivity contribution in [2.24, 2.45) is 0 Å². The van der Waals surface area contributed by atoms with Crippen LogP contribution in [0.3, 0.4) is 0 Å². The lowest BCUT2D eigenvalue weighted by Gasteiger charge is -1.97. The highest BCUT2D eigenvalue weighted by atomic mass is 35.5. The molecule has 0 saturated carbocycles. The number of benzene rings is 1. The van der Waals surface area contributed by atoms with E-state index >= 15 is 0 Å². The van der Waals surface area contributed by atoms with Gasteiger partial charge in [0.25, 0.3) is 0 Å². The van der Waals surface area contributed by atoms with Crippen molar-refractivity contribution in [3.05, 3.63) is 58.4 Å². The molecule has 2 rings (SSSR count). The van der Waals surface area contributed by atoms with E-state index in [1.54, 1.807) is 24.3 Å². The normalized spacial score (nSPS) is 10.1. The van der Waals surface area contributed by atoms with E-state index in [1.165, 1.54) is 12.3 Å². The first-order valence-electron chi connectivity index (χ1n) is 4.64. The maximum absolute atomic E-state index is 11.9. The SMILES string of the molecule is O=Cc1cc(C(=O)c2ccc(Cl)cc2)c[nH]1. The van der Waals surface area contributed by atoms with Crippen LogP contribution in [-0.4, -0.2) is 17.1 Å². The van der Waals surface area contributed by atoms with Gasteiger partial charge < -0.3 is 4.98 Å². The summed E-state index contributed by atoms with van der Waals surface area (Å²) in [5.41, 5.74) is 1.39. The van der Waals surface area contributed by atoms with E-state index in [0.717, 1.165) is 0 Å². The first-order chi connectivity index (χ1) is 7.70. The van der Waals surface area contributed by atoms with Gasteiger partial charge in [-0.15, -0.1) is 0 Å². The molecule has 0 aliphatic rings. The Morgan fingerprint density at radius 3 is 2.44 bits per heavy atom. The van der Waals surface area contributed by atoms with Gasteiger partial charge in [-0.2, -0.15) is 0 Å². The largest absolute Gasteiger partial charge is 0.358 e. The number of ketones is 1. The predicted octanol–water partition coefficient (Wildman–Crippen LogP) is 2.71. The lowest BCUT2D eigenvalue weighted by molar-refractivity contribution is 0.103. The fourth-order valence-corrected chi connectivity index (χ4v) is 1.51. The van der Waals surface area contributed by atoms with Crippen LogP contribution in [0.5, 0.6) is 0 Å². The molecule has 0 radical (unpaired) electrons. The molecular weight excluding hydrogens is 226 g/mol. The van der Waals surface area contributed by atoms with Crippen molar-refractivity contribution in [1.29, 1.82) is 0 Å². The molecule has 0 fully saturated rings. The first-order valence-corrected chi connectivity index (χ1v) is 5.02. The lowest BCUT2D eigenvalue weighted by Crippen LogP contribution is -1.98. The van der Waals surface area contributed by atoms with Crippen LogP contribution in [0, 0.1) is 0 Å².